The Bertz CT molecular complexity index is 2190. The van der Waals surface area contributed by atoms with E-state index >= 15 is 0 Å². The lowest BCUT2D eigenvalue weighted by Crippen LogP contribution is -2.30. The molecule has 0 aliphatic carbocycles. The molecule has 3 heterocycles. The molecule has 0 atom stereocenters. The Morgan fingerprint density at radius 2 is 1.63 bits per heavy atom. The summed E-state index contributed by atoms with van der Waals surface area (Å²) in [6, 6.07) is 27.9. The molecule has 5 heteroatoms. The molecule has 3 aromatic heterocycles. The standard InChI is InChI=1S/C33H20N3O2/c1-19-10-13-22-23-14-11-21(18-34)30(33(23)38-32(22)29(19)26-8-4-5-16-36(26)3)20-12-15-27-24(17-20)31-25(35-2)7-6-9-28(31)37-27/h4-17H,1,3H3/q+1. The summed E-state index contributed by atoms with van der Waals surface area (Å²) in [7, 11) is 2.03. The first-order valence-electron chi connectivity index (χ1n) is 12.3. The maximum absolute atomic E-state index is 10.1. The highest BCUT2D eigenvalue weighted by molar-refractivity contribution is 6.16. The van der Waals surface area contributed by atoms with Crippen LogP contribution < -0.4 is 4.57 Å². The number of nitriles is 1. The van der Waals surface area contributed by atoms with Gasteiger partial charge in [-0.15, -0.1) is 0 Å². The second-order valence-electron chi connectivity index (χ2n) is 9.48. The van der Waals surface area contributed by atoms with Crippen LogP contribution in [0.5, 0.6) is 0 Å². The van der Waals surface area contributed by atoms with Gasteiger partial charge >= 0.3 is 0 Å². The maximum Gasteiger partial charge on any atom is 0.216 e. The van der Waals surface area contributed by atoms with Crippen molar-refractivity contribution in [3.63, 3.8) is 0 Å². The molecule has 0 saturated carbocycles. The van der Waals surface area contributed by atoms with Crippen molar-refractivity contribution >= 4 is 49.6 Å². The van der Waals surface area contributed by atoms with E-state index in [2.05, 4.69) is 40.6 Å². The molecule has 0 unspecified atom stereocenters. The van der Waals surface area contributed by atoms with Crippen molar-refractivity contribution in [1.29, 1.82) is 5.26 Å². The summed E-state index contributed by atoms with van der Waals surface area (Å²) < 4.78 is 14.8. The zero-order valence-corrected chi connectivity index (χ0v) is 20.7. The van der Waals surface area contributed by atoms with Gasteiger partial charge in [0.2, 0.25) is 5.69 Å². The summed E-state index contributed by atoms with van der Waals surface area (Å²) in [6.07, 6.45) is 2.03. The third-order valence-corrected chi connectivity index (χ3v) is 7.33. The highest BCUT2D eigenvalue weighted by atomic mass is 16.3. The van der Waals surface area contributed by atoms with Crippen LogP contribution in [0.4, 0.5) is 5.69 Å². The fourth-order valence-corrected chi connectivity index (χ4v) is 5.54. The fraction of sp³-hybridized carbons (Fsp3) is 0.0606. The summed E-state index contributed by atoms with van der Waals surface area (Å²) in [5.74, 6) is 0. The summed E-state index contributed by atoms with van der Waals surface area (Å²) in [6.45, 7) is 9.72. The predicted octanol–water partition coefficient (Wildman–Crippen LogP) is 8.37. The van der Waals surface area contributed by atoms with Gasteiger partial charge in [0.15, 0.2) is 11.9 Å². The Hall–Kier alpha value is -5.39. The highest BCUT2D eigenvalue weighted by Gasteiger charge is 2.23. The van der Waals surface area contributed by atoms with Crippen molar-refractivity contribution in [2.45, 2.75) is 6.92 Å². The zero-order chi connectivity index (χ0) is 26.0. The molecule has 0 aliphatic rings. The lowest BCUT2D eigenvalue weighted by atomic mass is 9.95. The van der Waals surface area contributed by atoms with Crippen LogP contribution in [0.2, 0.25) is 0 Å². The van der Waals surface area contributed by atoms with Crippen LogP contribution in [0.3, 0.4) is 0 Å². The van der Waals surface area contributed by atoms with E-state index in [1.54, 1.807) is 6.07 Å². The molecule has 4 aromatic carbocycles. The number of rotatable bonds is 2. The van der Waals surface area contributed by atoms with Crippen molar-refractivity contribution < 1.29 is 13.4 Å². The number of hydrogen-bond donors (Lipinski definition) is 0. The van der Waals surface area contributed by atoms with Crippen LogP contribution in [0.25, 0.3) is 71.1 Å². The van der Waals surface area contributed by atoms with Crippen LogP contribution >= 0.6 is 0 Å². The molecule has 7 rings (SSSR count). The van der Waals surface area contributed by atoms with Crippen molar-refractivity contribution in [1.82, 2.24) is 0 Å². The smallest absolute Gasteiger partial charge is 0.216 e. The number of pyridine rings is 1. The predicted molar refractivity (Wildman–Crippen MR) is 149 cm³/mol. The van der Waals surface area contributed by atoms with Gasteiger partial charge in [0.05, 0.1) is 23.8 Å². The molecule has 0 saturated heterocycles. The normalized spacial score (nSPS) is 11.4. The van der Waals surface area contributed by atoms with Crippen molar-refractivity contribution in [2.75, 3.05) is 0 Å². The zero-order valence-electron chi connectivity index (χ0n) is 20.7. The Morgan fingerprint density at radius 3 is 2.42 bits per heavy atom. The van der Waals surface area contributed by atoms with Gasteiger partial charge < -0.3 is 8.83 Å². The second kappa shape index (κ2) is 8.06. The van der Waals surface area contributed by atoms with Gasteiger partial charge in [0.25, 0.3) is 0 Å². The number of hydrogen-bond acceptors (Lipinski definition) is 3. The van der Waals surface area contributed by atoms with Gasteiger partial charge in [0.1, 0.15) is 29.4 Å². The molecule has 178 valence electrons. The number of nitrogens with zero attached hydrogens (tertiary/aromatic N) is 3. The summed E-state index contributed by atoms with van der Waals surface area (Å²) in [4.78, 5) is 3.71. The number of benzene rings is 4. The number of aromatic nitrogens is 1. The average Bonchev–Trinajstić information content (AvgIpc) is 3.50. The van der Waals surface area contributed by atoms with Gasteiger partial charge in [-0.3, -0.25) is 0 Å². The number of fused-ring (bicyclic) bond motifs is 6. The molecule has 7 aromatic rings. The van der Waals surface area contributed by atoms with E-state index in [0.29, 0.717) is 28.0 Å². The van der Waals surface area contributed by atoms with E-state index in [4.69, 9.17) is 15.4 Å². The molecular weight excluding hydrogens is 470 g/mol. The van der Waals surface area contributed by atoms with Gasteiger partial charge in [-0.2, -0.15) is 5.26 Å². The Balaban J connectivity index is 1.58. The number of furan rings is 2. The van der Waals surface area contributed by atoms with E-state index in [0.717, 1.165) is 55.1 Å². The third-order valence-electron chi connectivity index (χ3n) is 7.33. The lowest BCUT2D eigenvalue weighted by molar-refractivity contribution is -0.660. The molecule has 0 N–H and O–H groups in total. The van der Waals surface area contributed by atoms with E-state index in [1.165, 1.54) is 0 Å². The first-order chi connectivity index (χ1) is 18.6. The van der Waals surface area contributed by atoms with Crippen LogP contribution in [-0.2, 0) is 7.05 Å². The maximum atomic E-state index is 10.1. The molecular formula is C33H20N3O2+. The van der Waals surface area contributed by atoms with Gasteiger partial charge in [-0.05, 0) is 54.4 Å². The van der Waals surface area contributed by atoms with Crippen LogP contribution in [0.15, 0.2) is 93.9 Å². The van der Waals surface area contributed by atoms with Crippen molar-refractivity contribution in [3.05, 3.63) is 108 Å². The van der Waals surface area contributed by atoms with Crippen molar-refractivity contribution in [2.24, 2.45) is 7.05 Å². The SMILES string of the molecule is [C-]#[N+]c1cccc2oc3ccc(-c4c(C#N)ccc5c4oc4c(-c6cccc[n+]6C)c(C)ccc45)cc3c12. The molecule has 0 bridgehead atoms. The minimum Gasteiger partial charge on any atom is -0.457 e. The largest absolute Gasteiger partial charge is 0.457 e. The minimum absolute atomic E-state index is 0.526. The highest BCUT2D eigenvalue weighted by Crippen LogP contribution is 2.43. The fourth-order valence-electron chi connectivity index (χ4n) is 5.54. The van der Waals surface area contributed by atoms with Crippen LogP contribution in [0, 0.1) is 24.8 Å². The first kappa shape index (κ1) is 21.9. The monoisotopic (exact) mass is 490 g/mol. The summed E-state index contributed by atoms with van der Waals surface area (Å²) >= 11 is 0. The topological polar surface area (TPSA) is 58.3 Å². The summed E-state index contributed by atoms with van der Waals surface area (Å²) in [5.41, 5.74) is 8.66. The molecule has 0 radical (unpaired) electrons. The molecule has 38 heavy (non-hydrogen) atoms. The second-order valence-corrected chi connectivity index (χ2v) is 9.48. The van der Waals surface area contributed by atoms with Gasteiger partial charge in [-0.1, -0.05) is 30.3 Å². The van der Waals surface area contributed by atoms with E-state index in [9.17, 15) is 5.26 Å². The molecule has 0 amide bonds. The molecule has 0 spiro atoms. The first-order valence-corrected chi connectivity index (χ1v) is 12.3. The van der Waals surface area contributed by atoms with Crippen LogP contribution in [0.1, 0.15) is 11.1 Å². The van der Waals surface area contributed by atoms with E-state index in [-0.39, 0.29) is 0 Å². The third kappa shape index (κ3) is 3.00. The van der Waals surface area contributed by atoms with E-state index < -0.39 is 0 Å². The minimum atomic E-state index is 0.526. The quantitative estimate of drug-likeness (QED) is 0.181. The Labute approximate surface area is 218 Å². The number of aryl methyl sites for hydroxylation is 2. The molecule has 0 aliphatic heterocycles. The van der Waals surface area contributed by atoms with Crippen LogP contribution in [-0.4, -0.2) is 0 Å². The van der Waals surface area contributed by atoms with Gasteiger partial charge in [0, 0.05) is 39.2 Å². The molecule has 5 nitrogen and oxygen atoms in total. The Kier molecular flexibility index (Phi) is 4.64. The lowest BCUT2D eigenvalue weighted by Gasteiger charge is -2.06. The average molecular weight is 491 g/mol. The molecule has 0 fully saturated rings. The van der Waals surface area contributed by atoms with Crippen molar-refractivity contribution in [3.8, 4) is 28.5 Å². The summed E-state index contributed by atoms with van der Waals surface area (Å²) in [5, 5.41) is 13.7. The van der Waals surface area contributed by atoms with E-state index in [1.807, 2.05) is 67.8 Å². The van der Waals surface area contributed by atoms with Gasteiger partial charge in [-0.25, -0.2) is 9.41 Å². The Morgan fingerprint density at radius 1 is 0.816 bits per heavy atom.